The van der Waals surface area contributed by atoms with Gasteiger partial charge in [-0.3, -0.25) is 19.5 Å². The van der Waals surface area contributed by atoms with E-state index < -0.39 is 35.3 Å². The standard InChI is InChI=1S/C40H49N7O6/c1-22(2)47-36(49)30-17-23(3)29(20-33(30)45-47)26-11-7-24(8-12-26)18-31(41)37(50)46(28-15-16-32-34(19-28)44-38(51)43-32)35(48)27-13-9-25(10-14-27)21-42-39(52)53-40(4,5)6/h7-8,11-12,15-17,19-20,22,25,27,31,45H,9-10,13-14,18,21,41H2,1-6H3,(H,42,52)(H2,43,44,51)/t25-,27-,31-/m0/s1. The molecular formula is C40H49N7O6. The van der Waals surface area contributed by atoms with Gasteiger partial charge in [0.05, 0.1) is 33.7 Å². The highest BCUT2D eigenvalue weighted by molar-refractivity contribution is 6.17. The highest BCUT2D eigenvalue weighted by Crippen LogP contribution is 2.33. The average molecular weight is 724 g/mol. The summed E-state index contributed by atoms with van der Waals surface area (Å²) in [6.07, 6.45) is 2.21. The van der Waals surface area contributed by atoms with Crippen LogP contribution in [0.3, 0.4) is 0 Å². The molecule has 13 nitrogen and oxygen atoms in total. The number of alkyl carbamates (subject to hydrolysis) is 1. The summed E-state index contributed by atoms with van der Waals surface area (Å²) < 4.78 is 6.97. The Labute approximate surface area is 307 Å². The minimum Gasteiger partial charge on any atom is -0.444 e. The molecular weight excluding hydrogens is 674 g/mol. The van der Waals surface area contributed by atoms with Gasteiger partial charge in [-0.15, -0.1) is 0 Å². The topological polar surface area (TPSA) is 188 Å². The largest absolute Gasteiger partial charge is 0.444 e. The van der Waals surface area contributed by atoms with Gasteiger partial charge in [-0.2, -0.15) is 0 Å². The number of imide groups is 1. The van der Waals surface area contributed by atoms with Crippen molar-refractivity contribution in [3.8, 4) is 11.1 Å². The number of fused-ring (bicyclic) bond motifs is 2. The molecule has 5 aromatic rings. The molecule has 0 radical (unpaired) electrons. The Morgan fingerprint density at radius 2 is 1.62 bits per heavy atom. The summed E-state index contributed by atoms with van der Waals surface area (Å²) in [6.45, 7) is 11.8. The number of carbonyl (C=O) groups excluding carboxylic acids is 3. The van der Waals surface area contributed by atoms with Crippen LogP contribution in [0.15, 0.2) is 64.2 Å². The average Bonchev–Trinajstić information content (AvgIpc) is 3.64. The molecule has 3 aromatic carbocycles. The van der Waals surface area contributed by atoms with Crippen molar-refractivity contribution in [2.24, 2.45) is 17.6 Å². The van der Waals surface area contributed by atoms with E-state index in [0.717, 1.165) is 27.8 Å². The third-order valence-electron chi connectivity index (χ3n) is 9.94. The SMILES string of the molecule is Cc1cc2c(=O)n(C(C)C)[nH]c2cc1-c1ccc(C[C@H](N)C(=O)N(c2ccc3[nH]c(=O)[nH]c3c2)C(=O)[C@H]2CC[C@H](CNC(=O)OC(C)(C)C)CC2)cc1. The number of carbonyl (C=O) groups is 3. The molecule has 6 rings (SSSR count). The molecule has 0 bridgehead atoms. The van der Waals surface area contributed by atoms with E-state index in [1.54, 1.807) is 22.9 Å². The van der Waals surface area contributed by atoms with Crippen LogP contribution in [0.1, 0.15) is 77.5 Å². The highest BCUT2D eigenvalue weighted by atomic mass is 16.6. The first-order chi connectivity index (χ1) is 25.1. The Kier molecular flexibility index (Phi) is 10.5. The zero-order valence-corrected chi connectivity index (χ0v) is 31.2. The lowest BCUT2D eigenvalue weighted by Crippen LogP contribution is -2.50. The summed E-state index contributed by atoms with van der Waals surface area (Å²) in [5, 5.41) is 6.69. The Bertz CT molecular complexity index is 2260. The normalized spacial score (nSPS) is 16.9. The third-order valence-corrected chi connectivity index (χ3v) is 9.94. The number of hydrogen-bond acceptors (Lipinski definition) is 7. The first-order valence-corrected chi connectivity index (χ1v) is 18.2. The van der Waals surface area contributed by atoms with Crippen molar-refractivity contribution in [3.05, 3.63) is 86.6 Å². The van der Waals surface area contributed by atoms with E-state index in [9.17, 15) is 24.0 Å². The molecule has 2 heterocycles. The Morgan fingerprint density at radius 3 is 2.28 bits per heavy atom. The fraction of sp³-hybridized carbons (Fsp3) is 0.425. The number of nitrogens with one attached hydrogen (secondary N) is 4. The van der Waals surface area contributed by atoms with Crippen molar-refractivity contribution in [2.45, 2.75) is 91.3 Å². The molecule has 53 heavy (non-hydrogen) atoms. The van der Waals surface area contributed by atoms with Gasteiger partial charge < -0.3 is 25.8 Å². The van der Waals surface area contributed by atoms with Gasteiger partial charge in [0, 0.05) is 18.5 Å². The zero-order chi connectivity index (χ0) is 38.2. The highest BCUT2D eigenvalue weighted by Gasteiger charge is 2.35. The Balaban J connectivity index is 1.18. The minimum absolute atomic E-state index is 0.00599. The van der Waals surface area contributed by atoms with Crippen LogP contribution < -0.4 is 27.2 Å². The monoisotopic (exact) mass is 723 g/mol. The Hall–Kier alpha value is -5.43. The molecule has 2 aromatic heterocycles. The van der Waals surface area contributed by atoms with Crippen LogP contribution >= 0.6 is 0 Å². The maximum absolute atomic E-state index is 14.2. The molecule has 0 spiro atoms. The predicted molar refractivity (Wildman–Crippen MR) is 206 cm³/mol. The van der Waals surface area contributed by atoms with Crippen molar-refractivity contribution in [2.75, 3.05) is 11.4 Å². The van der Waals surface area contributed by atoms with Gasteiger partial charge in [-0.05, 0) is 132 Å². The number of anilines is 1. The second-order valence-corrected chi connectivity index (χ2v) is 15.5. The number of H-pyrrole nitrogens is 3. The summed E-state index contributed by atoms with van der Waals surface area (Å²) in [4.78, 5) is 72.0. The lowest BCUT2D eigenvalue weighted by Gasteiger charge is -2.32. The van der Waals surface area contributed by atoms with E-state index in [2.05, 4.69) is 20.4 Å². The molecule has 0 unspecified atom stereocenters. The zero-order valence-electron chi connectivity index (χ0n) is 31.2. The van der Waals surface area contributed by atoms with E-state index in [1.807, 2.05) is 77.9 Å². The molecule has 1 saturated carbocycles. The van der Waals surface area contributed by atoms with E-state index in [0.29, 0.717) is 54.3 Å². The fourth-order valence-electron chi connectivity index (χ4n) is 7.15. The van der Waals surface area contributed by atoms with Crippen LogP contribution in [0.5, 0.6) is 0 Å². The number of nitrogens with two attached hydrogens (primary N) is 1. The number of nitrogens with zero attached hydrogens (tertiary/aromatic N) is 2. The maximum Gasteiger partial charge on any atom is 0.407 e. The van der Waals surface area contributed by atoms with Crippen molar-refractivity contribution in [3.63, 3.8) is 0 Å². The van der Waals surface area contributed by atoms with Gasteiger partial charge in [0.2, 0.25) is 5.91 Å². The molecule has 0 aliphatic heterocycles. The fourth-order valence-corrected chi connectivity index (χ4v) is 7.15. The number of benzene rings is 3. The quantitative estimate of drug-likeness (QED) is 0.127. The molecule has 280 valence electrons. The van der Waals surface area contributed by atoms with E-state index in [-0.39, 0.29) is 29.8 Å². The van der Waals surface area contributed by atoms with Crippen molar-refractivity contribution >= 4 is 45.5 Å². The second kappa shape index (κ2) is 14.9. The lowest BCUT2D eigenvalue weighted by atomic mass is 9.81. The minimum atomic E-state index is -1.03. The maximum atomic E-state index is 14.2. The van der Waals surface area contributed by atoms with Gasteiger partial charge in [0.1, 0.15) is 5.60 Å². The van der Waals surface area contributed by atoms with Crippen LogP contribution in [-0.2, 0) is 20.7 Å². The van der Waals surface area contributed by atoms with Crippen LogP contribution in [0.2, 0.25) is 0 Å². The molecule has 0 saturated heterocycles. The number of hydrogen-bond donors (Lipinski definition) is 5. The summed E-state index contributed by atoms with van der Waals surface area (Å²) in [5.41, 5.74) is 11.4. The lowest BCUT2D eigenvalue weighted by molar-refractivity contribution is -0.130. The summed E-state index contributed by atoms with van der Waals surface area (Å²) in [6, 6.07) is 15.6. The van der Waals surface area contributed by atoms with Crippen LogP contribution in [-0.4, -0.2) is 55.8 Å². The number of imidazole rings is 1. The third kappa shape index (κ3) is 8.30. The predicted octanol–water partition coefficient (Wildman–Crippen LogP) is 5.82. The number of amides is 3. The van der Waals surface area contributed by atoms with Gasteiger partial charge >= 0.3 is 11.8 Å². The molecule has 13 heteroatoms. The number of aromatic nitrogens is 4. The van der Waals surface area contributed by atoms with Gasteiger partial charge in [-0.1, -0.05) is 24.3 Å². The smallest absolute Gasteiger partial charge is 0.407 e. The van der Waals surface area contributed by atoms with E-state index in [1.165, 1.54) is 4.90 Å². The van der Waals surface area contributed by atoms with E-state index in [4.69, 9.17) is 10.5 Å². The van der Waals surface area contributed by atoms with E-state index >= 15 is 0 Å². The van der Waals surface area contributed by atoms with Crippen molar-refractivity contribution in [1.29, 1.82) is 0 Å². The number of ether oxygens (including phenoxy) is 1. The molecule has 1 fully saturated rings. The Morgan fingerprint density at radius 1 is 0.943 bits per heavy atom. The van der Waals surface area contributed by atoms with Crippen molar-refractivity contribution in [1.82, 2.24) is 25.1 Å². The second-order valence-electron chi connectivity index (χ2n) is 15.5. The summed E-state index contributed by atoms with van der Waals surface area (Å²) >= 11 is 0. The first-order valence-electron chi connectivity index (χ1n) is 18.2. The number of rotatable bonds is 9. The molecule has 1 aliphatic rings. The molecule has 6 N–H and O–H groups in total. The molecule has 1 aliphatic carbocycles. The van der Waals surface area contributed by atoms with Crippen molar-refractivity contribution < 1.29 is 19.1 Å². The van der Waals surface area contributed by atoms with Gasteiger partial charge in [-0.25, -0.2) is 19.2 Å². The number of aromatic amines is 3. The molecule has 3 amide bonds. The van der Waals surface area contributed by atoms with Gasteiger partial charge in [0.15, 0.2) is 0 Å². The first kappa shape index (κ1) is 37.3. The summed E-state index contributed by atoms with van der Waals surface area (Å²) in [7, 11) is 0. The van der Waals surface area contributed by atoms with Crippen LogP contribution in [0.4, 0.5) is 10.5 Å². The summed E-state index contributed by atoms with van der Waals surface area (Å²) in [5.74, 6) is -1.12. The number of aryl methyl sites for hydroxylation is 1. The van der Waals surface area contributed by atoms with Crippen LogP contribution in [0.25, 0.3) is 33.1 Å². The van der Waals surface area contributed by atoms with Crippen LogP contribution in [0, 0.1) is 18.8 Å². The molecule has 1 atom stereocenters. The van der Waals surface area contributed by atoms with Gasteiger partial charge in [0.25, 0.3) is 11.5 Å².